The molecule has 1 aromatic carbocycles. The van der Waals surface area contributed by atoms with E-state index in [2.05, 4.69) is 43.9 Å². The molecule has 0 spiro atoms. The lowest BCUT2D eigenvalue weighted by molar-refractivity contribution is 0.0434. The van der Waals surface area contributed by atoms with Gasteiger partial charge in [-0.15, -0.1) is 10.2 Å². The summed E-state index contributed by atoms with van der Waals surface area (Å²) in [4.78, 5) is 2.53. The average Bonchev–Trinajstić information content (AvgIpc) is 3.41. The van der Waals surface area contributed by atoms with E-state index in [1.54, 1.807) is 12.7 Å². The highest BCUT2D eigenvalue weighted by molar-refractivity contribution is 5.33. The van der Waals surface area contributed by atoms with E-state index in [0.717, 1.165) is 57.9 Å². The number of ether oxygens (including phenoxy) is 2. The van der Waals surface area contributed by atoms with E-state index in [1.807, 2.05) is 0 Å². The van der Waals surface area contributed by atoms with Crippen LogP contribution >= 0.6 is 0 Å². The van der Waals surface area contributed by atoms with Crippen molar-refractivity contribution in [3.8, 4) is 5.75 Å². The number of hydrogen-bond acceptors (Lipinski definition) is 5. The van der Waals surface area contributed by atoms with Crippen molar-refractivity contribution in [2.75, 3.05) is 39.5 Å². The van der Waals surface area contributed by atoms with Crippen LogP contribution in [0.3, 0.4) is 0 Å². The zero-order valence-electron chi connectivity index (χ0n) is 16.1. The first-order valence-electron chi connectivity index (χ1n) is 10.2. The highest BCUT2D eigenvalue weighted by Crippen LogP contribution is 2.37. The Morgan fingerprint density at radius 1 is 1.00 bits per heavy atom. The molecular formula is C21H30N4O2. The normalized spacial score (nSPS) is 20.0. The highest BCUT2D eigenvalue weighted by Gasteiger charge is 2.35. The molecule has 2 aliphatic heterocycles. The van der Waals surface area contributed by atoms with Crippen LogP contribution in [0.25, 0.3) is 0 Å². The molecule has 0 atom stereocenters. The van der Waals surface area contributed by atoms with Crippen molar-refractivity contribution in [2.24, 2.45) is 0 Å². The molecule has 2 aliphatic rings. The summed E-state index contributed by atoms with van der Waals surface area (Å²) in [5.74, 6) is 0.965. The largest absolute Gasteiger partial charge is 0.494 e. The lowest BCUT2D eigenvalue weighted by Gasteiger charge is -2.38. The quantitative estimate of drug-likeness (QED) is 0.669. The third-order valence-electron chi connectivity index (χ3n) is 5.95. The van der Waals surface area contributed by atoms with E-state index in [-0.39, 0.29) is 5.41 Å². The summed E-state index contributed by atoms with van der Waals surface area (Å²) in [6, 6.07) is 8.69. The molecular weight excluding hydrogens is 340 g/mol. The molecule has 6 heteroatoms. The van der Waals surface area contributed by atoms with Gasteiger partial charge in [0.05, 0.1) is 6.61 Å². The molecule has 0 radical (unpaired) electrons. The minimum absolute atomic E-state index is 0.0783. The van der Waals surface area contributed by atoms with Crippen molar-refractivity contribution in [1.82, 2.24) is 19.7 Å². The minimum atomic E-state index is 0.0783. The molecule has 0 saturated carbocycles. The van der Waals surface area contributed by atoms with Gasteiger partial charge in [-0.1, -0.05) is 12.1 Å². The first-order valence-corrected chi connectivity index (χ1v) is 10.2. The molecule has 0 amide bonds. The predicted octanol–water partition coefficient (Wildman–Crippen LogP) is 2.89. The highest BCUT2D eigenvalue weighted by atomic mass is 16.5. The second-order valence-corrected chi connectivity index (χ2v) is 7.80. The second-order valence-electron chi connectivity index (χ2n) is 7.80. The van der Waals surface area contributed by atoms with Gasteiger partial charge in [0.2, 0.25) is 0 Å². The minimum Gasteiger partial charge on any atom is -0.494 e. The van der Waals surface area contributed by atoms with Crippen molar-refractivity contribution >= 4 is 0 Å². The zero-order chi connectivity index (χ0) is 18.4. The summed E-state index contributed by atoms with van der Waals surface area (Å²) in [5.41, 5.74) is 1.43. The van der Waals surface area contributed by atoms with Gasteiger partial charge in [-0.3, -0.25) is 0 Å². The Kier molecular flexibility index (Phi) is 6.04. The smallest absolute Gasteiger partial charge is 0.119 e. The van der Waals surface area contributed by atoms with Crippen molar-refractivity contribution in [3.05, 3.63) is 42.5 Å². The molecule has 2 aromatic rings. The fraction of sp³-hybridized carbons (Fsp3) is 0.619. The molecule has 27 heavy (non-hydrogen) atoms. The van der Waals surface area contributed by atoms with Gasteiger partial charge in [-0.05, 0) is 62.9 Å². The van der Waals surface area contributed by atoms with E-state index in [9.17, 15) is 0 Å². The van der Waals surface area contributed by atoms with Crippen molar-refractivity contribution in [3.63, 3.8) is 0 Å². The third kappa shape index (κ3) is 4.68. The molecule has 0 N–H and O–H groups in total. The molecule has 1 aromatic heterocycles. The molecule has 3 heterocycles. The Labute approximate surface area is 161 Å². The second kappa shape index (κ2) is 8.85. The predicted molar refractivity (Wildman–Crippen MR) is 104 cm³/mol. The third-order valence-corrected chi connectivity index (χ3v) is 5.95. The van der Waals surface area contributed by atoms with E-state index < -0.39 is 0 Å². The van der Waals surface area contributed by atoms with Gasteiger partial charge in [0.15, 0.2) is 0 Å². The summed E-state index contributed by atoms with van der Waals surface area (Å²) in [6.45, 7) is 6.95. The number of hydrogen-bond donors (Lipinski definition) is 0. The first kappa shape index (κ1) is 18.4. The zero-order valence-corrected chi connectivity index (χ0v) is 16.1. The Morgan fingerprint density at radius 2 is 1.70 bits per heavy atom. The summed E-state index contributed by atoms with van der Waals surface area (Å²) in [6.07, 6.45) is 9.43. The maximum atomic E-state index is 5.97. The number of likely N-dealkylation sites (tertiary alicyclic amines) is 1. The monoisotopic (exact) mass is 370 g/mol. The number of nitrogens with zero attached hydrogens (tertiary/aromatic N) is 4. The SMILES string of the molecule is c1cc(C2(Cn3cnnc3)CCOCC2)ccc1OCCCN1CCCC1. The van der Waals surface area contributed by atoms with Gasteiger partial charge in [-0.2, -0.15) is 0 Å². The van der Waals surface area contributed by atoms with E-state index in [4.69, 9.17) is 9.47 Å². The van der Waals surface area contributed by atoms with Crippen LogP contribution in [0.4, 0.5) is 0 Å². The maximum Gasteiger partial charge on any atom is 0.119 e. The van der Waals surface area contributed by atoms with Crippen LogP contribution in [0.5, 0.6) is 5.75 Å². The Morgan fingerprint density at radius 3 is 2.41 bits per heavy atom. The molecule has 2 fully saturated rings. The van der Waals surface area contributed by atoms with Crippen molar-refractivity contribution < 1.29 is 9.47 Å². The number of rotatable bonds is 8. The maximum absolute atomic E-state index is 5.97. The molecule has 6 nitrogen and oxygen atoms in total. The molecule has 0 unspecified atom stereocenters. The van der Waals surface area contributed by atoms with Crippen LogP contribution in [-0.2, 0) is 16.7 Å². The van der Waals surface area contributed by atoms with Gasteiger partial charge in [0.1, 0.15) is 18.4 Å². The number of aromatic nitrogens is 3. The molecule has 2 saturated heterocycles. The lowest BCUT2D eigenvalue weighted by atomic mass is 9.74. The van der Waals surface area contributed by atoms with Crippen LogP contribution in [0.15, 0.2) is 36.9 Å². The van der Waals surface area contributed by atoms with Crippen molar-refractivity contribution in [2.45, 2.75) is 44.1 Å². The van der Waals surface area contributed by atoms with Crippen LogP contribution in [0, 0.1) is 0 Å². The lowest BCUT2D eigenvalue weighted by Crippen LogP contribution is -2.37. The van der Waals surface area contributed by atoms with Crippen LogP contribution in [0.1, 0.15) is 37.7 Å². The van der Waals surface area contributed by atoms with Gasteiger partial charge in [0.25, 0.3) is 0 Å². The first-order chi connectivity index (χ1) is 13.3. The standard InChI is InChI=1S/C21H30N4O2/c1-2-11-24(10-1)12-3-13-27-20-6-4-19(5-7-20)21(8-14-26-15-9-21)16-25-17-22-23-18-25/h4-7,17-18H,1-3,8-16H2. The van der Waals surface area contributed by atoms with Gasteiger partial charge < -0.3 is 18.9 Å². The fourth-order valence-electron chi connectivity index (χ4n) is 4.34. The Balaban J connectivity index is 1.35. The fourth-order valence-corrected chi connectivity index (χ4v) is 4.34. The summed E-state index contributed by atoms with van der Waals surface area (Å²) in [7, 11) is 0. The van der Waals surface area contributed by atoms with Gasteiger partial charge >= 0.3 is 0 Å². The molecule has 0 bridgehead atoms. The molecule has 146 valence electrons. The summed E-state index contributed by atoms with van der Waals surface area (Å²) < 4.78 is 13.7. The van der Waals surface area contributed by atoms with E-state index >= 15 is 0 Å². The Hall–Kier alpha value is -1.92. The Bertz CT molecular complexity index is 675. The summed E-state index contributed by atoms with van der Waals surface area (Å²) >= 11 is 0. The van der Waals surface area contributed by atoms with Gasteiger partial charge in [0, 0.05) is 31.7 Å². The van der Waals surface area contributed by atoms with Crippen LogP contribution < -0.4 is 4.74 Å². The molecule has 0 aliphatic carbocycles. The molecule has 4 rings (SSSR count). The number of benzene rings is 1. The van der Waals surface area contributed by atoms with Gasteiger partial charge in [-0.25, -0.2) is 0 Å². The van der Waals surface area contributed by atoms with E-state index in [0.29, 0.717) is 0 Å². The van der Waals surface area contributed by atoms with Crippen molar-refractivity contribution in [1.29, 1.82) is 0 Å². The van der Waals surface area contributed by atoms with Crippen LogP contribution in [0.2, 0.25) is 0 Å². The topological polar surface area (TPSA) is 52.4 Å². The van der Waals surface area contributed by atoms with E-state index in [1.165, 1.54) is 31.5 Å². The van der Waals surface area contributed by atoms with Crippen LogP contribution in [-0.4, -0.2) is 59.1 Å². The summed E-state index contributed by atoms with van der Waals surface area (Å²) in [5, 5.41) is 7.91. The average molecular weight is 370 g/mol.